The fourth-order valence-electron chi connectivity index (χ4n) is 0.258. The number of hydrogen-bond donors (Lipinski definition) is 2. The Labute approximate surface area is 49.0 Å². The molecule has 2 nitrogen and oxygen atoms in total. The molecule has 44 valence electrons. The first-order valence-corrected chi connectivity index (χ1v) is 2.82. The van der Waals surface area contributed by atoms with Crippen molar-refractivity contribution in [1.29, 1.82) is 0 Å². The van der Waals surface area contributed by atoms with Crippen LogP contribution in [-0.4, -0.2) is 25.5 Å². The number of nitrogens with two attached hydrogens (primary N) is 1. The van der Waals surface area contributed by atoms with Crippen molar-refractivity contribution < 1.29 is 0 Å². The molecule has 0 aromatic heterocycles. The highest BCUT2D eigenvalue weighted by molar-refractivity contribution is 6.18. The smallest absolute Gasteiger partial charge is 0.0389 e. The van der Waals surface area contributed by atoms with Crippen molar-refractivity contribution in [2.24, 2.45) is 5.73 Å². The zero-order chi connectivity index (χ0) is 5.70. The van der Waals surface area contributed by atoms with Gasteiger partial charge < -0.3 is 11.1 Å². The van der Waals surface area contributed by atoms with Crippen LogP contribution in [0.4, 0.5) is 0 Å². The fourth-order valence-corrected chi connectivity index (χ4v) is 0.538. The SMILES string of the molecule is CNC(CN)CCl. The lowest BCUT2D eigenvalue weighted by Gasteiger charge is -2.06. The number of hydrogen-bond acceptors (Lipinski definition) is 2. The second-order valence-electron chi connectivity index (χ2n) is 1.38. The van der Waals surface area contributed by atoms with Gasteiger partial charge in [-0.25, -0.2) is 0 Å². The van der Waals surface area contributed by atoms with Gasteiger partial charge in [0, 0.05) is 18.5 Å². The fraction of sp³-hybridized carbons (Fsp3) is 1.00. The summed E-state index contributed by atoms with van der Waals surface area (Å²) in [4.78, 5) is 0. The molecule has 0 heterocycles. The van der Waals surface area contributed by atoms with Crippen LogP contribution < -0.4 is 11.1 Å². The van der Waals surface area contributed by atoms with Crippen LogP contribution >= 0.6 is 11.6 Å². The van der Waals surface area contributed by atoms with E-state index in [0.29, 0.717) is 12.4 Å². The van der Waals surface area contributed by atoms with Crippen LogP contribution in [0.15, 0.2) is 0 Å². The molecule has 0 amide bonds. The zero-order valence-electron chi connectivity index (χ0n) is 4.45. The number of likely N-dealkylation sites (N-methyl/N-ethyl adjacent to an activating group) is 1. The predicted octanol–water partition coefficient (Wildman–Crippen LogP) is -0.228. The summed E-state index contributed by atoms with van der Waals surface area (Å²) < 4.78 is 0. The molecule has 0 aliphatic rings. The predicted molar refractivity (Wildman–Crippen MR) is 32.6 cm³/mol. The Hall–Kier alpha value is 0.210. The largest absolute Gasteiger partial charge is 0.329 e. The normalized spacial score (nSPS) is 14.1. The van der Waals surface area contributed by atoms with Crippen molar-refractivity contribution in [2.75, 3.05) is 19.5 Å². The van der Waals surface area contributed by atoms with E-state index < -0.39 is 0 Å². The minimum Gasteiger partial charge on any atom is -0.329 e. The molecular formula is C4H11ClN2. The molecule has 0 saturated heterocycles. The maximum atomic E-state index is 5.43. The second-order valence-corrected chi connectivity index (χ2v) is 1.68. The third-order valence-electron chi connectivity index (χ3n) is 0.879. The first-order chi connectivity index (χ1) is 3.35. The summed E-state index contributed by atoms with van der Waals surface area (Å²) in [5, 5.41) is 2.94. The Balaban J connectivity index is 2.99. The highest BCUT2D eigenvalue weighted by Gasteiger charge is 1.96. The molecule has 1 atom stereocenters. The molecule has 3 N–H and O–H groups in total. The summed E-state index contributed by atoms with van der Waals surface area (Å²) in [7, 11) is 1.85. The van der Waals surface area contributed by atoms with Crippen LogP contribution in [0.25, 0.3) is 0 Å². The van der Waals surface area contributed by atoms with Gasteiger partial charge in [0.2, 0.25) is 0 Å². The van der Waals surface area contributed by atoms with E-state index in [0.717, 1.165) is 0 Å². The monoisotopic (exact) mass is 122 g/mol. The number of halogens is 1. The van der Waals surface area contributed by atoms with E-state index in [-0.39, 0.29) is 6.04 Å². The molecule has 1 unspecified atom stereocenters. The molecule has 0 aliphatic heterocycles. The van der Waals surface area contributed by atoms with Gasteiger partial charge >= 0.3 is 0 Å². The van der Waals surface area contributed by atoms with E-state index in [1.54, 1.807) is 0 Å². The molecule has 0 radical (unpaired) electrons. The topological polar surface area (TPSA) is 38.0 Å². The molecule has 0 spiro atoms. The lowest BCUT2D eigenvalue weighted by Crippen LogP contribution is -2.34. The van der Waals surface area contributed by atoms with Crippen LogP contribution in [0.1, 0.15) is 0 Å². The number of alkyl halides is 1. The Kier molecular flexibility index (Phi) is 4.50. The average molecular weight is 123 g/mol. The van der Waals surface area contributed by atoms with Crippen molar-refractivity contribution >= 4 is 11.6 Å². The standard InChI is InChI=1S/C4H11ClN2/c1-7-4(2-5)3-6/h4,7H,2-3,6H2,1H3. The lowest BCUT2D eigenvalue weighted by molar-refractivity contribution is 0.627. The zero-order valence-corrected chi connectivity index (χ0v) is 5.20. The maximum Gasteiger partial charge on any atom is 0.0389 e. The van der Waals surface area contributed by atoms with Gasteiger partial charge in [-0.2, -0.15) is 0 Å². The molecule has 3 heteroatoms. The van der Waals surface area contributed by atoms with Crippen molar-refractivity contribution in [2.45, 2.75) is 6.04 Å². The summed E-state index contributed by atoms with van der Waals surface area (Å²) in [5.74, 6) is 0.590. The first kappa shape index (κ1) is 7.21. The van der Waals surface area contributed by atoms with E-state index in [2.05, 4.69) is 5.32 Å². The van der Waals surface area contributed by atoms with Crippen LogP contribution in [0.3, 0.4) is 0 Å². The van der Waals surface area contributed by atoms with Gasteiger partial charge in [0.1, 0.15) is 0 Å². The quantitative estimate of drug-likeness (QED) is 0.508. The summed E-state index contributed by atoms with van der Waals surface area (Å²) in [5.41, 5.74) is 5.25. The molecular weight excluding hydrogens is 112 g/mol. The van der Waals surface area contributed by atoms with Crippen LogP contribution in [0.2, 0.25) is 0 Å². The average Bonchev–Trinajstić information content (AvgIpc) is 1.72. The number of nitrogens with one attached hydrogen (secondary N) is 1. The molecule has 0 saturated carbocycles. The van der Waals surface area contributed by atoms with Crippen LogP contribution in [0, 0.1) is 0 Å². The summed E-state index contributed by atoms with van der Waals surface area (Å²) >= 11 is 5.43. The summed E-state index contributed by atoms with van der Waals surface area (Å²) in [6, 6.07) is 0.279. The molecule has 0 aromatic rings. The van der Waals surface area contributed by atoms with Gasteiger partial charge in [0.05, 0.1) is 0 Å². The Bertz CT molecular complexity index is 31.2. The van der Waals surface area contributed by atoms with Crippen molar-refractivity contribution in [3.63, 3.8) is 0 Å². The first-order valence-electron chi connectivity index (χ1n) is 2.28. The van der Waals surface area contributed by atoms with E-state index in [1.165, 1.54) is 0 Å². The van der Waals surface area contributed by atoms with Gasteiger partial charge in [-0.3, -0.25) is 0 Å². The Morgan fingerprint density at radius 3 is 2.43 bits per heavy atom. The van der Waals surface area contributed by atoms with E-state index >= 15 is 0 Å². The molecule has 0 rings (SSSR count). The van der Waals surface area contributed by atoms with E-state index in [4.69, 9.17) is 17.3 Å². The van der Waals surface area contributed by atoms with Crippen LogP contribution in [-0.2, 0) is 0 Å². The number of rotatable bonds is 3. The molecule has 0 fully saturated rings. The second kappa shape index (κ2) is 4.37. The minimum absolute atomic E-state index is 0.279. The summed E-state index contributed by atoms with van der Waals surface area (Å²) in [6.07, 6.45) is 0. The van der Waals surface area contributed by atoms with E-state index in [9.17, 15) is 0 Å². The third kappa shape index (κ3) is 2.85. The van der Waals surface area contributed by atoms with Gasteiger partial charge in [-0.1, -0.05) is 0 Å². The van der Waals surface area contributed by atoms with E-state index in [1.807, 2.05) is 7.05 Å². The molecule has 7 heavy (non-hydrogen) atoms. The van der Waals surface area contributed by atoms with Crippen molar-refractivity contribution in [3.05, 3.63) is 0 Å². The Morgan fingerprint density at radius 2 is 2.43 bits per heavy atom. The van der Waals surface area contributed by atoms with Gasteiger partial charge in [-0.05, 0) is 7.05 Å². The lowest BCUT2D eigenvalue weighted by atomic mass is 10.3. The maximum absolute atomic E-state index is 5.43. The highest BCUT2D eigenvalue weighted by Crippen LogP contribution is 1.80. The van der Waals surface area contributed by atoms with Crippen LogP contribution in [0.5, 0.6) is 0 Å². The Morgan fingerprint density at radius 1 is 1.86 bits per heavy atom. The minimum atomic E-state index is 0.279. The summed E-state index contributed by atoms with van der Waals surface area (Å²) in [6.45, 7) is 0.611. The molecule has 0 aliphatic carbocycles. The van der Waals surface area contributed by atoms with Gasteiger partial charge in [0.25, 0.3) is 0 Å². The molecule has 0 aromatic carbocycles. The van der Waals surface area contributed by atoms with Crippen molar-refractivity contribution in [3.8, 4) is 0 Å². The van der Waals surface area contributed by atoms with Gasteiger partial charge in [0.15, 0.2) is 0 Å². The van der Waals surface area contributed by atoms with Crippen molar-refractivity contribution in [1.82, 2.24) is 5.32 Å². The third-order valence-corrected chi connectivity index (χ3v) is 1.25. The highest BCUT2D eigenvalue weighted by atomic mass is 35.5. The molecule has 0 bridgehead atoms. The van der Waals surface area contributed by atoms with Gasteiger partial charge in [-0.15, -0.1) is 11.6 Å².